The molecule has 0 aliphatic carbocycles. The summed E-state index contributed by atoms with van der Waals surface area (Å²) in [6.07, 6.45) is 6.38. The first-order valence-corrected chi connectivity index (χ1v) is 8.50. The summed E-state index contributed by atoms with van der Waals surface area (Å²) < 4.78 is 6.57. The maximum atomic E-state index is 11.7. The minimum atomic E-state index is -0.0900. The Hall–Kier alpha value is -1.72. The highest BCUT2D eigenvalue weighted by Crippen LogP contribution is 2.22. The number of benzene rings is 1. The van der Waals surface area contributed by atoms with Gasteiger partial charge in [-0.25, -0.2) is 4.98 Å². The van der Waals surface area contributed by atoms with Gasteiger partial charge in [-0.3, -0.25) is 4.79 Å². The lowest BCUT2D eigenvalue weighted by Gasteiger charge is -2.03. The zero-order valence-electron chi connectivity index (χ0n) is 12.9. The molecule has 2 aromatic rings. The zero-order valence-corrected chi connectivity index (χ0v) is 13.7. The van der Waals surface area contributed by atoms with Crippen LogP contribution >= 0.6 is 11.3 Å². The summed E-state index contributed by atoms with van der Waals surface area (Å²) in [4.78, 5) is 16.2. The van der Waals surface area contributed by atoms with Gasteiger partial charge in [-0.2, -0.15) is 0 Å². The average Bonchev–Trinajstić information content (AvgIpc) is 2.95. The van der Waals surface area contributed by atoms with E-state index >= 15 is 0 Å². The standard InChI is InChI=1S/C17H22N2O2S/c1-2-3-12-21-13-6-11-18-16(20)9-10-17-19-14-7-4-5-8-15(14)22-17/h4-5,7-10H,2-3,6,11-13H2,1H3,(H,18,20)/b10-9+. The predicted molar refractivity (Wildman–Crippen MR) is 92.0 cm³/mol. The van der Waals surface area contributed by atoms with Gasteiger partial charge >= 0.3 is 0 Å². The Morgan fingerprint density at radius 3 is 2.95 bits per heavy atom. The molecule has 1 heterocycles. The number of carbonyl (C=O) groups is 1. The van der Waals surface area contributed by atoms with Crippen molar-refractivity contribution < 1.29 is 9.53 Å². The van der Waals surface area contributed by atoms with E-state index in [1.54, 1.807) is 17.4 Å². The molecule has 2 rings (SSSR count). The van der Waals surface area contributed by atoms with Crippen LogP contribution in [0.2, 0.25) is 0 Å². The molecule has 0 saturated heterocycles. The molecular formula is C17H22N2O2S. The van der Waals surface area contributed by atoms with Crippen LogP contribution in [0.3, 0.4) is 0 Å². The van der Waals surface area contributed by atoms with Crippen molar-refractivity contribution in [2.75, 3.05) is 19.8 Å². The van der Waals surface area contributed by atoms with Gasteiger partial charge < -0.3 is 10.1 Å². The van der Waals surface area contributed by atoms with Crippen molar-refractivity contribution in [2.24, 2.45) is 0 Å². The third kappa shape index (κ3) is 5.58. The minimum absolute atomic E-state index is 0.0900. The van der Waals surface area contributed by atoms with Crippen molar-refractivity contribution >= 4 is 33.5 Å². The summed E-state index contributed by atoms with van der Waals surface area (Å²) in [6.45, 7) is 4.28. The number of nitrogens with one attached hydrogen (secondary N) is 1. The Bertz CT molecular complexity index is 589. The van der Waals surface area contributed by atoms with Crippen LogP contribution < -0.4 is 5.32 Å². The Morgan fingerprint density at radius 2 is 2.14 bits per heavy atom. The fraction of sp³-hybridized carbons (Fsp3) is 0.412. The number of aromatic nitrogens is 1. The molecule has 0 spiro atoms. The van der Waals surface area contributed by atoms with Gasteiger partial charge in [-0.05, 0) is 31.1 Å². The van der Waals surface area contributed by atoms with Gasteiger partial charge in [0.1, 0.15) is 5.01 Å². The second-order valence-corrected chi connectivity index (χ2v) is 6.03. The molecule has 4 nitrogen and oxygen atoms in total. The maximum absolute atomic E-state index is 11.7. The van der Waals surface area contributed by atoms with Crippen molar-refractivity contribution in [3.63, 3.8) is 0 Å². The van der Waals surface area contributed by atoms with Crippen LogP contribution in [0.15, 0.2) is 30.3 Å². The van der Waals surface area contributed by atoms with Crippen LogP contribution in [0.25, 0.3) is 16.3 Å². The van der Waals surface area contributed by atoms with Crippen LogP contribution in [-0.4, -0.2) is 30.6 Å². The topological polar surface area (TPSA) is 51.2 Å². The molecule has 0 aliphatic rings. The van der Waals surface area contributed by atoms with Gasteiger partial charge in [0, 0.05) is 25.8 Å². The average molecular weight is 318 g/mol. The molecule has 1 aromatic carbocycles. The van der Waals surface area contributed by atoms with Gasteiger partial charge in [0.05, 0.1) is 10.2 Å². The number of ether oxygens (including phenoxy) is 1. The fourth-order valence-electron chi connectivity index (χ4n) is 1.90. The number of carbonyl (C=O) groups excluding carboxylic acids is 1. The van der Waals surface area contributed by atoms with Crippen LogP contribution in [0, 0.1) is 0 Å². The van der Waals surface area contributed by atoms with Gasteiger partial charge in [0.25, 0.3) is 0 Å². The molecule has 0 saturated carbocycles. The highest BCUT2D eigenvalue weighted by Gasteiger charge is 2.00. The second-order valence-electron chi connectivity index (χ2n) is 4.96. The maximum Gasteiger partial charge on any atom is 0.244 e. The van der Waals surface area contributed by atoms with E-state index in [2.05, 4.69) is 17.2 Å². The molecule has 0 aliphatic heterocycles. The summed E-state index contributed by atoms with van der Waals surface area (Å²) in [7, 11) is 0. The number of unbranched alkanes of at least 4 members (excludes halogenated alkanes) is 1. The molecule has 0 atom stereocenters. The summed E-state index contributed by atoms with van der Waals surface area (Å²) in [5, 5.41) is 3.70. The number of hydrogen-bond acceptors (Lipinski definition) is 4. The van der Waals surface area contributed by atoms with E-state index in [4.69, 9.17) is 4.74 Å². The van der Waals surface area contributed by atoms with Gasteiger partial charge in [0.2, 0.25) is 5.91 Å². The monoisotopic (exact) mass is 318 g/mol. The lowest BCUT2D eigenvalue weighted by molar-refractivity contribution is -0.116. The van der Waals surface area contributed by atoms with Crippen molar-refractivity contribution in [3.8, 4) is 0 Å². The first kappa shape index (κ1) is 16.6. The summed E-state index contributed by atoms with van der Waals surface area (Å²) >= 11 is 1.58. The zero-order chi connectivity index (χ0) is 15.6. The highest BCUT2D eigenvalue weighted by molar-refractivity contribution is 7.19. The van der Waals surface area contributed by atoms with Gasteiger partial charge in [0.15, 0.2) is 0 Å². The number of amides is 1. The minimum Gasteiger partial charge on any atom is -0.381 e. The van der Waals surface area contributed by atoms with Gasteiger partial charge in [-0.1, -0.05) is 25.5 Å². The van der Waals surface area contributed by atoms with Crippen molar-refractivity contribution in [1.82, 2.24) is 10.3 Å². The summed E-state index contributed by atoms with van der Waals surface area (Å²) in [5.41, 5.74) is 0.969. The molecule has 118 valence electrons. The number of rotatable bonds is 9. The predicted octanol–water partition coefficient (Wildman–Crippen LogP) is 3.63. The third-order valence-corrected chi connectivity index (χ3v) is 4.10. The van der Waals surface area contributed by atoms with E-state index in [1.807, 2.05) is 24.3 Å². The van der Waals surface area contributed by atoms with E-state index < -0.39 is 0 Å². The Balaban J connectivity index is 1.68. The van der Waals surface area contributed by atoms with E-state index in [1.165, 1.54) is 6.08 Å². The van der Waals surface area contributed by atoms with Crippen LogP contribution in [0.4, 0.5) is 0 Å². The van der Waals surface area contributed by atoms with Crippen LogP contribution in [0.5, 0.6) is 0 Å². The SMILES string of the molecule is CCCCOCCCNC(=O)/C=C/c1nc2ccccc2s1. The molecule has 1 aromatic heterocycles. The Morgan fingerprint density at radius 1 is 1.32 bits per heavy atom. The number of thiazole rings is 1. The van der Waals surface area contributed by atoms with Crippen LogP contribution in [0.1, 0.15) is 31.2 Å². The number of nitrogens with zero attached hydrogens (tertiary/aromatic N) is 1. The summed E-state index contributed by atoms with van der Waals surface area (Å²) in [5.74, 6) is -0.0900. The third-order valence-electron chi connectivity index (χ3n) is 3.09. The van der Waals surface area contributed by atoms with Crippen molar-refractivity contribution in [2.45, 2.75) is 26.2 Å². The van der Waals surface area contributed by atoms with E-state index in [0.29, 0.717) is 13.2 Å². The molecule has 0 fully saturated rings. The first-order valence-electron chi connectivity index (χ1n) is 7.69. The van der Waals surface area contributed by atoms with Crippen molar-refractivity contribution in [1.29, 1.82) is 0 Å². The quantitative estimate of drug-likeness (QED) is 0.567. The number of fused-ring (bicyclic) bond motifs is 1. The molecule has 0 bridgehead atoms. The molecule has 0 unspecified atom stereocenters. The second kappa shape index (κ2) is 9.33. The lowest BCUT2D eigenvalue weighted by Crippen LogP contribution is -2.23. The number of para-hydroxylation sites is 1. The van der Waals surface area contributed by atoms with E-state index in [0.717, 1.165) is 41.1 Å². The summed E-state index contributed by atoms with van der Waals surface area (Å²) in [6, 6.07) is 7.96. The Labute approximate surface area is 135 Å². The normalized spacial score (nSPS) is 11.3. The molecule has 1 amide bonds. The van der Waals surface area contributed by atoms with Gasteiger partial charge in [-0.15, -0.1) is 11.3 Å². The Kier molecular flexibility index (Phi) is 7.06. The largest absolute Gasteiger partial charge is 0.381 e. The first-order chi connectivity index (χ1) is 10.8. The molecule has 1 N–H and O–H groups in total. The molecule has 0 radical (unpaired) electrons. The van der Waals surface area contributed by atoms with E-state index in [9.17, 15) is 4.79 Å². The molecule has 5 heteroatoms. The van der Waals surface area contributed by atoms with E-state index in [-0.39, 0.29) is 5.91 Å². The molecule has 22 heavy (non-hydrogen) atoms. The number of hydrogen-bond donors (Lipinski definition) is 1. The lowest BCUT2D eigenvalue weighted by atomic mass is 10.3. The molecular weight excluding hydrogens is 296 g/mol. The van der Waals surface area contributed by atoms with Crippen LogP contribution in [-0.2, 0) is 9.53 Å². The fourth-order valence-corrected chi connectivity index (χ4v) is 2.77. The highest BCUT2D eigenvalue weighted by atomic mass is 32.1. The van der Waals surface area contributed by atoms with Crippen molar-refractivity contribution in [3.05, 3.63) is 35.3 Å². The smallest absolute Gasteiger partial charge is 0.244 e.